The van der Waals surface area contributed by atoms with Crippen molar-refractivity contribution in [2.75, 3.05) is 7.11 Å². The van der Waals surface area contributed by atoms with Crippen molar-refractivity contribution in [2.24, 2.45) is 11.8 Å². The molecule has 0 aliphatic heterocycles. The number of carbonyl (C=O) groups is 2. The number of ether oxygens (including phenoxy) is 2. The van der Waals surface area contributed by atoms with E-state index in [9.17, 15) is 9.59 Å². The summed E-state index contributed by atoms with van der Waals surface area (Å²) in [5.74, 6) is -1.64. The van der Waals surface area contributed by atoms with Crippen molar-refractivity contribution in [2.45, 2.75) is 18.4 Å². The van der Waals surface area contributed by atoms with E-state index in [1.54, 1.807) is 18.4 Å². The van der Waals surface area contributed by atoms with Gasteiger partial charge in [0.05, 0.1) is 25.2 Å². The van der Waals surface area contributed by atoms with Crippen molar-refractivity contribution in [3.63, 3.8) is 0 Å². The number of hydrogen-bond acceptors (Lipinski definition) is 5. The van der Waals surface area contributed by atoms with Crippen molar-refractivity contribution in [3.05, 3.63) is 95.9 Å². The third kappa shape index (κ3) is 3.68. The van der Waals surface area contributed by atoms with E-state index in [1.807, 2.05) is 60.7 Å². The Morgan fingerprint density at radius 2 is 1.34 bits per heavy atom. The highest BCUT2D eigenvalue weighted by Crippen LogP contribution is 2.58. The van der Waals surface area contributed by atoms with Gasteiger partial charge in [-0.3, -0.25) is 9.59 Å². The lowest BCUT2D eigenvalue weighted by Crippen LogP contribution is -2.51. The zero-order valence-electron chi connectivity index (χ0n) is 16.1. The van der Waals surface area contributed by atoms with Gasteiger partial charge in [0, 0.05) is 11.8 Å². The summed E-state index contributed by atoms with van der Waals surface area (Å²) >= 11 is 0. The average Bonchev–Trinajstić information content (AvgIpc) is 3.27. The summed E-state index contributed by atoms with van der Waals surface area (Å²) in [5, 5.41) is 0. The second kappa shape index (κ2) is 8.35. The molecular weight excluding hydrogens is 368 g/mol. The van der Waals surface area contributed by atoms with Crippen molar-refractivity contribution in [3.8, 4) is 0 Å². The predicted molar refractivity (Wildman–Crippen MR) is 106 cm³/mol. The zero-order valence-corrected chi connectivity index (χ0v) is 16.1. The summed E-state index contributed by atoms with van der Waals surface area (Å²) in [6, 6.07) is 22.7. The molecule has 4 rings (SSSR count). The van der Waals surface area contributed by atoms with Crippen molar-refractivity contribution in [1.29, 1.82) is 0 Å². The van der Waals surface area contributed by atoms with Crippen LogP contribution in [0.4, 0.5) is 0 Å². The summed E-state index contributed by atoms with van der Waals surface area (Å²) in [6.07, 6.45) is 1.54. The molecule has 1 aliphatic carbocycles. The van der Waals surface area contributed by atoms with E-state index in [1.165, 1.54) is 7.11 Å². The van der Waals surface area contributed by atoms with Crippen LogP contribution in [0.2, 0.25) is 0 Å². The Hall–Kier alpha value is -3.34. The lowest BCUT2D eigenvalue weighted by atomic mass is 9.52. The van der Waals surface area contributed by atoms with E-state index in [0.717, 1.165) is 11.1 Å². The minimum atomic E-state index is -0.487. The van der Waals surface area contributed by atoms with Crippen LogP contribution in [-0.2, 0) is 25.7 Å². The highest BCUT2D eigenvalue weighted by atomic mass is 16.5. The Balaban J connectivity index is 1.68. The summed E-state index contributed by atoms with van der Waals surface area (Å²) < 4.78 is 15.9. The second-order valence-electron chi connectivity index (χ2n) is 7.13. The third-order valence-electron chi connectivity index (χ3n) is 5.60. The Labute approximate surface area is 169 Å². The Morgan fingerprint density at radius 3 is 1.83 bits per heavy atom. The van der Waals surface area contributed by atoms with Gasteiger partial charge in [-0.1, -0.05) is 60.7 Å². The van der Waals surface area contributed by atoms with Gasteiger partial charge < -0.3 is 13.9 Å². The molecule has 0 bridgehead atoms. The molecule has 5 nitrogen and oxygen atoms in total. The van der Waals surface area contributed by atoms with Gasteiger partial charge in [0.2, 0.25) is 0 Å². The maximum Gasteiger partial charge on any atom is 0.310 e. The van der Waals surface area contributed by atoms with Crippen LogP contribution in [0.25, 0.3) is 0 Å². The molecule has 1 fully saturated rings. The summed E-state index contributed by atoms with van der Waals surface area (Å²) in [5.41, 5.74) is 1.85. The fourth-order valence-corrected chi connectivity index (χ4v) is 4.28. The van der Waals surface area contributed by atoms with E-state index in [0.29, 0.717) is 5.76 Å². The van der Waals surface area contributed by atoms with Crippen LogP contribution < -0.4 is 0 Å². The SMILES string of the molecule is COC(=O)C1[C@@H](c2ccccc2)C(C(=O)OCc2ccco2)[C@H]1c1ccccc1. The molecule has 4 atom stereocenters. The lowest BCUT2D eigenvalue weighted by molar-refractivity contribution is -0.167. The number of methoxy groups -OCH3 is 1. The molecule has 1 heterocycles. The largest absolute Gasteiger partial charge is 0.469 e. The zero-order chi connectivity index (χ0) is 20.2. The molecular formula is C24H22O5. The molecule has 0 N–H and O–H groups in total. The number of rotatable bonds is 6. The number of hydrogen-bond donors (Lipinski definition) is 0. The molecule has 1 aromatic heterocycles. The molecule has 0 radical (unpaired) electrons. The number of furan rings is 1. The molecule has 29 heavy (non-hydrogen) atoms. The van der Waals surface area contributed by atoms with E-state index in [4.69, 9.17) is 13.9 Å². The van der Waals surface area contributed by atoms with Crippen LogP contribution in [0.5, 0.6) is 0 Å². The molecule has 148 valence electrons. The molecule has 0 amide bonds. The highest BCUT2D eigenvalue weighted by molar-refractivity contribution is 5.85. The Bertz CT molecular complexity index is 902. The van der Waals surface area contributed by atoms with Gasteiger partial charge in [0.1, 0.15) is 12.4 Å². The predicted octanol–water partition coefficient (Wildman–Crippen LogP) is 4.31. The van der Waals surface area contributed by atoms with Gasteiger partial charge in [-0.15, -0.1) is 0 Å². The quantitative estimate of drug-likeness (QED) is 0.587. The first-order valence-electron chi connectivity index (χ1n) is 9.57. The number of carbonyl (C=O) groups excluding carboxylic acids is 2. The van der Waals surface area contributed by atoms with Crippen molar-refractivity contribution >= 4 is 11.9 Å². The third-order valence-corrected chi connectivity index (χ3v) is 5.60. The first-order chi connectivity index (χ1) is 14.2. The first-order valence-corrected chi connectivity index (χ1v) is 9.57. The normalized spacial score (nSPS) is 23.1. The molecule has 1 saturated carbocycles. The minimum Gasteiger partial charge on any atom is -0.469 e. The fourth-order valence-electron chi connectivity index (χ4n) is 4.28. The van der Waals surface area contributed by atoms with Gasteiger partial charge in [0.15, 0.2) is 0 Å². The molecule has 1 aliphatic rings. The van der Waals surface area contributed by atoms with Gasteiger partial charge in [-0.25, -0.2) is 0 Å². The van der Waals surface area contributed by atoms with E-state index in [-0.39, 0.29) is 30.4 Å². The lowest BCUT2D eigenvalue weighted by Gasteiger charge is -2.49. The van der Waals surface area contributed by atoms with Gasteiger partial charge in [-0.2, -0.15) is 0 Å². The monoisotopic (exact) mass is 390 g/mol. The van der Waals surface area contributed by atoms with Crippen LogP contribution in [0, 0.1) is 11.8 Å². The van der Waals surface area contributed by atoms with Crippen LogP contribution in [0.1, 0.15) is 28.7 Å². The van der Waals surface area contributed by atoms with Crippen LogP contribution in [-0.4, -0.2) is 19.0 Å². The molecule has 2 unspecified atom stereocenters. The molecule has 2 aromatic carbocycles. The van der Waals surface area contributed by atoms with Crippen molar-refractivity contribution in [1.82, 2.24) is 0 Å². The first kappa shape index (κ1) is 19.0. The molecule has 3 aromatic rings. The van der Waals surface area contributed by atoms with Gasteiger partial charge in [-0.05, 0) is 23.3 Å². The van der Waals surface area contributed by atoms with Crippen molar-refractivity contribution < 1.29 is 23.5 Å². The van der Waals surface area contributed by atoms with E-state index in [2.05, 4.69) is 0 Å². The maximum absolute atomic E-state index is 13.1. The maximum atomic E-state index is 13.1. The summed E-state index contributed by atoms with van der Waals surface area (Å²) in [6.45, 7) is 0.0637. The van der Waals surface area contributed by atoms with Gasteiger partial charge >= 0.3 is 11.9 Å². The van der Waals surface area contributed by atoms with Crippen LogP contribution in [0.3, 0.4) is 0 Å². The topological polar surface area (TPSA) is 65.7 Å². The Kier molecular flexibility index (Phi) is 5.47. The van der Waals surface area contributed by atoms with E-state index < -0.39 is 11.8 Å². The second-order valence-corrected chi connectivity index (χ2v) is 7.13. The molecule has 0 saturated heterocycles. The molecule has 0 spiro atoms. The van der Waals surface area contributed by atoms with E-state index >= 15 is 0 Å². The number of benzene rings is 2. The summed E-state index contributed by atoms with van der Waals surface area (Å²) in [4.78, 5) is 25.8. The van der Waals surface area contributed by atoms with Gasteiger partial charge in [0.25, 0.3) is 0 Å². The fraction of sp³-hybridized carbons (Fsp3) is 0.250. The number of esters is 2. The van der Waals surface area contributed by atoms with Crippen LogP contribution in [0.15, 0.2) is 83.5 Å². The standard InChI is InChI=1S/C24H22O5/c1-27-23(25)21-19(16-9-4-2-5-10-16)22(20(21)17-11-6-3-7-12-17)24(26)29-15-18-13-8-14-28-18/h2-14,19-22H,15H2,1H3/t19-,20+,21?,22?. The Morgan fingerprint density at radius 1 is 0.793 bits per heavy atom. The molecule has 5 heteroatoms. The highest BCUT2D eigenvalue weighted by Gasteiger charge is 2.59. The average molecular weight is 390 g/mol. The smallest absolute Gasteiger partial charge is 0.310 e. The summed E-state index contributed by atoms with van der Waals surface area (Å²) in [7, 11) is 1.38. The minimum absolute atomic E-state index is 0.0637. The van der Waals surface area contributed by atoms with Crippen LogP contribution >= 0.6 is 0 Å².